The molecular weight excluding hydrogens is 319 g/mol. The van der Waals surface area contributed by atoms with E-state index in [1.807, 2.05) is 0 Å². The van der Waals surface area contributed by atoms with Crippen LogP contribution >= 0.6 is 11.3 Å². The summed E-state index contributed by atoms with van der Waals surface area (Å²) in [4.78, 5) is 15.9. The van der Waals surface area contributed by atoms with Gasteiger partial charge < -0.3 is 15.8 Å². The normalized spacial score (nSPS) is 13.0. The summed E-state index contributed by atoms with van der Waals surface area (Å²) in [5.74, 6) is -0.835. The molecule has 0 radical (unpaired) electrons. The predicted octanol–water partition coefficient (Wildman–Crippen LogP) is 3.04. The number of hydrogen-bond acceptors (Lipinski definition) is 5. The van der Waals surface area contributed by atoms with Gasteiger partial charge in [-0.25, -0.2) is 4.98 Å². The average Bonchev–Trinajstić information content (AvgIpc) is 2.77. The van der Waals surface area contributed by atoms with Gasteiger partial charge >= 0.3 is 6.36 Å². The number of alkyl halides is 3. The van der Waals surface area contributed by atoms with E-state index in [0.717, 1.165) is 17.4 Å². The van der Waals surface area contributed by atoms with Crippen LogP contribution in [0.15, 0.2) is 30.4 Å². The lowest BCUT2D eigenvalue weighted by Gasteiger charge is -2.09. The summed E-state index contributed by atoms with van der Waals surface area (Å²) < 4.78 is 40.8. The summed E-state index contributed by atoms with van der Waals surface area (Å²) in [5.41, 5.74) is 6.54. The maximum atomic E-state index is 12.2. The van der Waals surface area contributed by atoms with E-state index in [1.54, 1.807) is 6.92 Å². The second-order valence-corrected chi connectivity index (χ2v) is 5.54. The van der Waals surface area contributed by atoms with E-state index in [2.05, 4.69) is 21.6 Å². The van der Waals surface area contributed by atoms with Crippen LogP contribution in [0.4, 0.5) is 18.3 Å². The fourth-order valence-electron chi connectivity index (χ4n) is 1.56. The molecule has 0 aliphatic rings. The van der Waals surface area contributed by atoms with E-state index in [1.165, 1.54) is 12.1 Å². The van der Waals surface area contributed by atoms with Crippen LogP contribution in [0.25, 0.3) is 10.2 Å². The molecule has 5 nitrogen and oxygen atoms in total. The van der Waals surface area contributed by atoms with E-state index < -0.39 is 18.3 Å². The molecule has 1 unspecified atom stereocenters. The molecule has 0 bridgehead atoms. The number of aromatic nitrogens is 1. The Kier molecular flexibility index (Phi) is 4.38. The van der Waals surface area contributed by atoms with Gasteiger partial charge in [-0.15, -0.1) is 13.2 Å². The molecule has 2 rings (SSSR count). The van der Waals surface area contributed by atoms with Crippen LogP contribution in [-0.4, -0.2) is 23.3 Å². The molecule has 1 aromatic carbocycles. The molecule has 1 atom stereocenters. The first-order valence-corrected chi connectivity index (χ1v) is 6.85. The topological polar surface area (TPSA) is 77.2 Å². The van der Waals surface area contributed by atoms with Crippen LogP contribution in [0.2, 0.25) is 0 Å². The minimum atomic E-state index is -4.76. The number of carbonyl (C=O) groups excluding carboxylic acids is 1. The molecular formula is C13H12F3N3O2S. The molecule has 118 valence electrons. The maximum absolute atomic E-state index is 12.2. The molecule has 1 amide bonds. The Morgan fingerprint density at radius 2 is 2.18 bits per heavy atom. The molecule has 0 aliphatic carbocycles. The lowest BCUT2D eigenvalue weighted by atomic mass is 10.1. The first-order valence-electron chi connectivity index (χ1n) is 6.04. The maximum Gasteiger partial charge on any atom is 0.573 e. The molecule has 0 spiro atoms. The van der Waals surface area contributed by atoms with Crippen molar-refractivity contribution in [1.82, 2.24) is 4.98 Å². The van der Waals surface area contributed by atoms with E-state index >= 15 is 0 Å². The van der Waals surface area contributed by atoms with E-state index in [4.69, 9.17) is 5.73 Å². The molecule has 0 saturated heterocycles. The summed E-state index contributed by atoms with van der Waals surface area (Å²) in [6.07, 6.45) is -4.76. The summed E-state index contributed by atoms with van der Waals surface area (Å²) in [6.45, 7) is 5.19. The molecule has 1 aromatic heterocycles. The first kappa shape index (κ1) is 16.2. The Balaban J connectivity index is 2.20. The molecule has 9 heteroatoms. The number of benzene rings is 1. The van der Waals surface area contributed by atoms with Gasteiger partial charge in [0.15, 0.2) is 5.13 Å². The van der Waals surface area contributed by atoms with Crippen molar-refractivity contribution in [2.75, 3.05) is 5.32 Å². The zero-order valence-electron chi connectivity index (χ0n) is 11.4. The van der Waals surface area contributed by atoms with Crippen LogP contribution in [0.5, 0.6) is 5.75 Å². The summed E-state index contributed by atoms with van der Waals surface area (Å²) in [7, 11) is 0. The number of ether oxygens (including phenoxy) is 1. The first-order chi connectivity index (χ1) is 10.2. The van der Waals surface area contributed by atoms with Crippen LogP contribution in [0.1, 0.15) is 6.92 Å². The second-order valence-electron chi connectivity index (χ2n) is 4.51. The van der Waals surface area contributed by atoms with Crippen molar-refractivity contribution in [2.24, 2.45) is 5.73 Å². The third kappa shape index (κ3) is 3.95. The van der Waals surface area contributed by atoms with Crippen molar-refractivity contribution in [1.29, 1.82) is 0 Å². The van der Waals surface area contributed by atoms with E-state index in [9.17, 15) is 18.0 Å². The van der Waals surface area contributed by atoms with Gasteiger partial charge in [-0.2, -0.15) is 0 Å². The minimum Gasteiger partial charge on any atom is -0.406 e. The Bertz CT molecular complexity index is 727. The Morgan fingerprint density at radius 3 is 2.77 bits per heavy atom. The highest BCUT2D eigenvalue weighted by molar-refractivity contribution is 7.22. The van der Waals surface area contributed by atoms with Crippen LogP contribution in [-0.2, 0) is 4.79 Å². The molecule has 1 heterocycles. The minimum absolute atomic E-state index is 0.237. The third-order valence-corrected chi connectivity index (χ3v) is 3.57. The van der Waals surface area contributed by atoms with Gasteiger partial charge in [0.1, 0.15) is 11.8 Å². The van der Waals surface area contributed by atoms with Crippen molar-refractivity contribution in [3.05, 3.63) is 30.4 Å². The number of halogens is 3. The van der Waals surface area contributed by atoms with Gasteiger partial charge in [-0.3, -0.25) is 4.79 Å². The quantitative estimate of drug-likeness (QED) is 0.844. The molecule has 22 heavy (non-hydrogen) atoms. The highest BCUT2D eigenvalue weighted by atomic mass is 32.1. The number of thiazole rings is 1. The Labute approximate surface area is 127 Å². The van der Waals surface area contributed by atoms with Gasteiger partial charge in [-0.1, -0.05) is 23.5 Å². The third-order valence-electron chi connectivity index (χ3n) is 2.64. The SMILES string of the molecule is C=C(C)C(N)C(=O)Nc1nc2ccc(OC(F)(F)F)cc2s1. The molecule has 0 fully saturated rings. The zero-order valence-corrected chi connectivity index (χ0v) is 12.2. The number of anilines is 1. The molecule has 3 N–H and O–H groups in total. The van der Waals surface area contributed by atoms with Crippen LogP contribution in [0, 0.1) is 0 Å². The van der Waals surface area contributed by atoms with Crippen LogP contribution < -0.4 is 15.8 Å². The number of carbonyl (C=O) groups is 1. The molecule has 0 saturated carbocycles. The summed E-state index contributed by atoms with van der Waals surface area (Å²) in [6, 6.07) is 2.85. The van der Waals surface area contributed by atoms with Crippen molar-refractivity contribution >= 4 is 32.6 Å². The fraction of sp³-hybridized carbons (Fsp3) is 0.231. The van der Waals surface area contributed by atoms with Gasteiger partial charge in [0.25, 0.3) is 0 Å². The summed E-state index contributed by atoms with van der Waals surface area (Å²) in [5, 5.41) is 2.74. The summed E-state index contributed by atoms with van der Waals surface area (Å²) >= 11 is 1.02. The number of nitrogens with two attached hydrogens (primary N) is 1. The highest BCUT2D eigenvalue weighted by Gasteiger charge is 2.31. The monoisotopic (exact) mass is 331 g/mol. The van der Waals surface area contributed by atoms with E-state index in [0.29, 0.717) is 15.8 Å². The standard InChI is InChI=1S/C13H12F3N3O2S/c1-6(2)10(17)11(20)19-12-18-8-4-3-7(5-9(8)22-12)21-13(14,15)16/h3-5,10H,1,17H2,2H3,(H,18,19,20). The lowest BCUT2D eigenvalue weighted by Crippen LogP contribution is -2.36. The number of nitrogens with zero attached hydrogens (tertiary/aromatic N) is 1. The van der Waals surface area contributed by atoms with E-state index in [-0.39, 0.29) is 10.9 Å². The second kappa shape index (κ2) is 5.93. The van der Waals surface area contributed by atoms with Gasteiger partial charge in [-0.05, 0) is 19.1 Å². The zero-order chi connectivity index (χ0) is 16.5. The lowest BCUT2D eigenvalue weighted by molar-refractivity contribution is -0.274. The number of hydrogen-bond donors (Lipinski definition) is 2. The van der Waals surface area contributed by atoms with Crippen molar-refractivity contribution < 1.29 is 22.7 Å². The number of amides is 1. The van der Waals surface area contributed by atoms with Gasteiger partial charge in [0.05, 0.1) is 10.2 Å². The van der Waals surface area contributed by atoms with Crippen molar-refractivity contribution in [3.63, 3.8) is 0 Å². The van der Waals surface area contributed by atoms with Crippen LogP contribution in [0.3, 0.4) is 0 Å². The largest absolute Gasteiger partial charge is 0.573 e. The van der Waals surface area contributed by atoms with Gasteiger partial charge in [0.2, 0.25) is 5.91 Å². The van der Waals surface area contributed by atoms with Gasteiger partial charge in [0, 0.05) is 6.07 Å². The Hall–Kier alpha value is -2.13. The number of fused-ring (bicyclic) bond motifs is 1. The molecule has 2 aromatic rings. The molecule has 0 aliphatic heterocycles. The number of rotatable bonds is 4. The van der Waals surface area contributed by atoms with Crippen molar-refractivity contribution in [3.8, 4) is 5.75 Å². The smallest absolute Gasteiger partial charge is 0.406 e. The van der Waals surface area contributed by atoms with Crippen molar-refractivity contribution in [2.45, 2.75) is 19.3 Å². The Morgan fingerprint density at radius 1 is 1.50 bits per heavy atom. The number of nitrogens with one attached hydrogen (secondary N) is 1. The average molecular weight is 331 g/mol. The predicted molar refractivity (Wildman–Crippen MR) is 77.7 cm³/mol. The highest BCUT2D eigenvalue weighted by Crippen LogP contribution is 2.31. The fourth-order valence-corrected chi connectivity index (χ4v) is 2.46.